The van der Waals surface area contributed by atoms with Gasteiger partial charge in [0.2, 0.25) is 0 Å². The van der Waals surface area contributed by atoms with Crippen molar-refractivity contribution in [2.45, 2.75) is 6.92 Å². The lowest BCUT2D eigenvalue weighted by Crippen LogP contribution is -2.10. The molecular weight excluding hydrogens is 252 g/mol. The van der Waals surface area contributed by atoms with Crippen molar-refractivity contribution in [2.24, 2.45) is 0 Å². The van der Waals surface area contributed by atoms with Crippen LogP contribution >= 0.6 is 15.9 Å². The third-order valence-electron chi connectivity index (χ3n) is 2.42. The number of fused-ring (bicyclic) bond motifs is 1. The largest absolute Gasteiger partial charge is 0.363 e. The minimum absolute atomic E-state index is 1.00. The Labute approximate surface area is 98.1 Å². The number of aryl methyl sites for hydroxylation is 1. The van der Waals surface area contributed by atoms with Gasteiger partial charge in [0, 0.05) is 24.0 Å². The van der Waals surface area contributed by atoms with Gasteiger partial charge in [0.05, 0.1) is 5.52 Å². The molecule has 0 saturated heterocycles. The average Bonchev–Trinajstić information content (AvgIpc) is 2.18. The predicted octanol–water partition coefficient (Wildman–Crippen LogP) is 3.37. The number of pyridine rings is 1. The lowest BCUT2D eigenvalue weighted by atomic mass is 10.1. The molecule has 0 N–H and O–H groups in total. The van der Waals surface area contributed by atoms with Gasteiger partial charge in [0.15, 0.2) is 0 Å². The molecular formula is C12H13BrN2. The van der Waals surface area contributed by atoms with Crippen molar-refractivity contribution < 1.29 is 0 Å². The van der Waals surface area contributed by atoms with Gasteiger partial charge < -0.3 is 4.90 Å². The first-order chi connectivity index (χ1) is 7.08. The molecule has 0 fully saturated rings. The van der Waals surface area contributed by atoms with Crippen molar-refractivity contribution >= 4 is 32.7 Å². The van der Waals surface area contributed by atoms with Crippen LogP contribution in [0, 0.1) is 6.92 Å². The second-order valence-corrected chi connectivity index (χ2v) is 4.77. The summed E-state index contributed by atoms with van der Waals surface area (Å²) >= 11 is 3.48. The van der Waals surface area contributed by atoms with Gasteiger partial charge in [-0.25, -0.2) is 4.98 Å². The van der Waals surface area contributed by atoms with E-state index in [1.54, 1.807) is 0 Å². The van der Waals surface area contributed by atoms with E-state index in [9.17, 15) is 0 Å². The molecule has 0 aliphatic heterocycles. The van der Waals surface area contributed by atoms with Gasteiger partial charge in [-0.15, -0.1) is 0 Å². The minimum atomic E-state index is 1.00. The Bertz CT molecular complexity index is 506. The number of hydrogen-bond donors (Lipinski definition) is 0. The number of nitrogens with zero attached hydrogens (tertiary/aromatic N) is 2. The molecule has 2 rings (SSSR count). The van der Waals surface area contributed by atoms with E-state index in [0.29, 0.717) is 0 Å². The Balaban J connectivity index is 2.73. The van der Waals surface area contributed by atoms with E-state index in [4.69, 9.17) is 0 Å². The minimum Gasteiger partial charge on any atom is -0.363 e. The summed E-state index contributed by atoms with van der Waals surface area (Å²) in [6.07, 6.45) is 0. The maximum absolute atomic E-state index is 4.58. The van der Waals surface area contributed by atoms with Crippen LogP contribution < -0.4 is 4.90 Å². The summed E-state index contributed by atoms with van der Waals surface area (Å²) in [7, 11) is 4.01. The third kappa shape index (κ3) is 1.97. The van der Waals surface area contributed by atoms with E-state index in [2.05, 4.69) is 40.0 Å². The van der Waals surface area contributed by atoms with E-state index in [-0.39, 0.29) is 0 Å². The molecule has 0 unspecified atom stereocenters. The fourth-order valence-corrected chi connectivity index (χ4v) is 1.94. The van der Waals surface area contributed by atoms with Crippen LogP contribution in [-0.2, 0) is 0 Å². The quantitative estimate of drug-likeness (QED) is 0.785. The lowest BCUT2D eigenvalue weighted by molar-refractivity contribution is 1.08. The topological polar surface area (TPSA) is 16.1 Å². The molecule has 3 heteroatoms. The Hall–Kier alpha value is -1.09. The summed E-state index contributed by atoms with van der Waals surface area (Å²) in [6, 6.07) is 8.28. The van der Waals surface area contributed by atoms with Crippen LogP contribution in [0.25, 0.3) is 10.9 Å². The molecule has 0 amide bonds. The van der Waals surface area contributed by atoms with Crippen molar-refractivity contribution in [3.8, 4) is 0 Å². The Morgan fingerprint density at radius 3 is 2.60 bits per heavy atom. The summed E-state index contributed by atoms with van der Waals surface area (Å²) in [5.41, 5.74) is 2.30. The molecule has 1 heterocycles. The van der Waals surface area contributed by atoms with Gasteiger partial charge in [0.1, 0.15) is 5.82 Å². The van der Waals surface area contributed by atoms with E-state index < -0.39 is 0 Å². The molecule has 78 valence electrons. The smallest absolute Gasteiger partial charge is 0.128 e. The molecule has 2 aromatic rings. The second-order valence-electron chi connectivity index (χ2n) is 3.85. The predicted molar refractivity (Wildman–Crippen MR) is 68.5 cm³/mol. The van der Waals surface area contributed by atoms with Crippen molar-refractivity contribution in [1.82, 2.24) is 4.98 Å². The summed E-state index contributed by atoms with van der Waals surface area (Å²) in [5.74, 6) is 1.00. The van der Waals surface area contributed by atoms with Crippen molar-refractivity contribution in [3.05, 3.63) is 34.3 Å². The highest BCUT2D eigenvalue weighted by molar-refractivity contribution is 9.10. The lowest BCUT2D eigenvalue weighted by Gasteiger charge is -2.13. The molecule has 0 radical (unpaired) electrons. The zero-order valence-electron chi connectivity index (χ0n) is 9.08. The maximum atomic E-state index is 4.58. The Kier molecular flexibility index (Phi) is 2.65. The number of halogens is 1. The first-order valence-electron chi connectivity index (χ1n) is 4.82. The van der Waals surface area contributed by atoms with Gasteiger partial charge in [-0.1, -0.05) is 15.9 Å². The molecule has 0 atom stereocenters. The number of anilines is 1. The molecule has 1 aromatic carbocycles. The van der Waals surface area contributed by atoms with Crippen LogP contribution in [0.15, 0.2) is 28.7 Å². The summed E-state index contributed by atoms with van der Waals surface area (Å²) < 4.78 is 1.09. The number of benzene rings is 1. The summed E-state index contributed by atoms with van der Waals surface area (Å²) in [4.78, 5) is 6.60. The van der Waals surface area contributed by atoms with Crippen molar-refractivity contribution in [1.29, 1.82) is 0 Å². The molecule has 0 aliphatic rings. The standard InChI is InChI=1S/C12H13BrN2/c1-8-6-12(15(2)3)14-11-5-4-9(13)7-10(8)11/h4-7H,1-3H3. The Morgan fingerprint density at radius 1 is 1.20 bits per heavy atom. The zero-order chi connectivity index (χ0) is 11.0. The van der Waals surface area contributed by atoms with Gasteiger partial charge in [-0.2, -0.15) is 0 Å². The van der Waals surface area contributed by atoms with Gasteiger partial charge in [-0.3, -0.25) is 0 Å². The first-order valence-corrected chi connectivity index (χ1v) is 5.61. The molecule has 0 spiro atoms. The van der Waals surface area contributed by atoms with Gasteiger partial charge in [0.25, 0.3) is 0 Å². The third-order valence-corrected chi connectivity index (χ3v) is 2.92. The molecule has 0 saturated carbocycles. The number of hydrogen-bond acceptors (Lipinski definition) is 2. The van der Waals surface area contributed by atoms with Crippen LogP contribution in [0.2, 0.25) is 0 Å². The van der Waals surface area contributed by atoms with Gasteiger partial charge >= 0.3 is 0 Å². The average molecular weight is 265 g/mol. The summed E-state index contributed by atoms with van der Waals surface area (Å²) in [5, 5.41) is 1.20. The van der Waals surface area contributed by atoms with Crippen LogP contribution in [0.5, 0.6) is 0 Å². The number of rotatable bonds is 1. The molecule has 15 heavy (non-hydrogen) atoms. The number of aromatic nitrogens is 1. The monoisotopic (exact) mass is 264 g/mol. The molecule has 0 aliphatic carbocycles. The maximum Gasteiger partial charge on any atom is 0.128 e. The van der Waals surface area contributed by atoms with Crippen molar-refractivity contribution in [3.63, 3.8) is 0 Å². The van der Waals surface area contributed by atoms with Crippen LogP contribution in [0.3, 0.4) is 0 Å². The van der Waals surface area contributed by atoms with Crippen molar-refractivity contribution in [2.75, 3.05) is 19.0 Å². The molecule has 0 bridgehead atoms. The van der Waals surface area contributed by atoms with Gasteiger partial charge in [-0.05, 0) is 36.8 Å². The first kappa shape index (κ1) is 10.4. The van der Waals surface area contributed by atoms with E-state index >= 15 is 0 Å². The van der Waals surface area contributed by atoms with Crippen LogP contribution in [-0.4, -0.2) is 19.1 Å². The second kappa shape index (κ2) is 3.81. The van der Waals surface area contributed by atoms with E-state index in [0.717, 1.165) is 15.8 Å². The SMILES string of the molecule is Cc1cc(N(C)C)nc2ccc(Br)cc12. The van der Waals surface area contributed by atoms with E-state index in [1.807, 2.05) is 31.1 Å². The molecule has 1 aromatic heterocycles. The highest BCUT2D eigenvalue weighted by Crippen LogP contribution is 2.24. The summed E-state index contributed by atoms with van der Waals surface area (Å²) in [6.45, 7) is 2.11. The highest BCUT2D eigenvalue weighted by Gasteiger charge is 2.04. The highest BCUT2D eigenvalue weighted by atomic mass is 79.9. The fraction of sp³-hybridized carbons (Fsp3) is 0.250. The molecule has 2 nitrogen and oxygen atoms in total. The Morgan fingerprint density at radius 2 is 1.93 bits per heavy atom. The van der Waals surface area contributed by atoms with E-state index in [1.165, 1.54) is 10.9 Å². The van der Waals surface area contributed by atoms with Crippen LogP contribution in [0.1, 0.15) is 5.56 Å². The van der Waals surface area contributed by atoms with Crippen LogP contribution in [0.4, 0.5) is 5.82 Å². The fourth-order valence-electron chi connectivity index (χ4n) is 1.58. The zero-order valence-corrected chi connectivity index (χ0v) is 10.7. The normalized spacial score (nSPS) is 10.7.